The Hall–Kier alpha value is -2.87. The molecule has 2 aromatic heterocycles. The average molecular weight is 348 g/mol. The number of furan rings is 1. The molecule has 0 saturated heterocycles. The van der Waals surface area contributed by atoms with E-state index >= 15 is 0 Å². The number of aromatic nitrogens is 1. The molecule has 1 aliphatic carbocycles. The number of carboxylic acids is 1. The minimum absolute atomic E-state index is 0.00287. The molecule has 2 heterocycles. The van der Waals surface area contributed by atoms with E-state index in [9.17, 15) is 9.59 Å². The first-order chi connectivity index (χ1) is 11.9. The first-order valence-corrected chi connectivity index (χ1v) is 7.74. The van der Waals surface area contributed by atoms with Crippen LogP contribution in [0.5, 0.6) is 5.88 Å². The maximum Gasteiger partial charge on any atom is 0.339 e. The minimum Gasteiger partial charge on any atom is -0.478 e. The Labute approximate surface area is 144 Å². The quantitative estimate of drug-likeness (QED) is 0.760. The van der Waals surface area contributed by atoms with Crippen LogP contribution in [0, 0.1) is 5.92 Å². The summed E-state index contributed by atoms with van der Waals surface area (Å²) in [6.45, 7) is 2.20. The summed E-state index contributed by atoms with van der Waals surface area (Å²) in [5.41, 5.74) is 6.26. The third-order valence-corrected chi connectivity index (χ3v) is 3.54. The summed E-state index contributed by atoms with van der Waals surface area (Å²) < 4.78 is 10.1. The molecule has 0 saturated carbocycles. The lowest BCUT2D eigenvalue weighted by atomic mass is 9.87. The third-order valence-electron chi connectivity index (χ3n) is 3.54. The molecular weight excluding hydrogens is 328 g/mol. The van der Waals surface area contributed by atoms with E-state index in [-0.39, 0.29) is 36.0 Å². The SMILES string of the molecule is CC1CC(=O)c2c(C(=O)O)coc2C1.Nc1ccc(OCCO)nc1. The van der Waals surface area contributed by atoms with Crippen LogP contribution in [0.4, 0.5) is 5.69 Å². The first kappa shape index (κ1) is 18.5. The molecule has 0 aromatic carbocycles. The fraction of sp³-hybridized carbons (Fsp3) is 0.353. The number of pyridine rings is 1. The number of nitrogen functional groups attached to an aromatic ring is 1. The van der Waals surface area contributed by atoms with E-state index in [1.54, 1.807) is 12.1 Å². The average Bonchev–Trinajstić information content (AvgIpc) is 2.99. The molecule has 134 valence electrons. The van der Waals surface area contributed by atoms with Crippen molar-refractivity contribution in [2.75, 3.05) is 18.9 Å². The number of hydrogen-bond donors (Lipinski definition) is 3. The predicted octanol–water partition coefficient (Wildman–Crippen LogP) is 1.78. The van der Waals surface area contributed by atoms with Crippen molar-refractivity contribution < 1.29 is 29.0 Å². The number of nitrogens with two attached hydrogens (primary N) is 1. The second kappa shape index (κ2) is 8.29. The van der Waals surface area contributed by atoms with Crippen molar-refractivity contribution in [3.8, 4) is 5.88 Å². The number of rotatable bonds is 4. The normalized spacial score (nSPS) is 15.8. The number of carbonyl (C=O) groups excluding carboxylic acids is 1. The summed E-state index contributed by atoms with van der Waals surface area (Å²) in [4.78, 5) is 26.2. The van der Waals surface area contributed by atoms with Crippen LogP contribution in [0.1, 0.15) is 39.8 Å². The molecule has 1 atom stereocenters. The zero-order valence-electron chi connectivity index (χ0n) is 13.8. The van der Waals surface area contributed by atoms with Gasteiger partial charge >= 0.3 is 5.97 Å². The van der Waals surface area contributed by atoms with Crippen LogP contribution in [0.2, 0.25) is 0 Å². The first-order valence-electron chi connectivity index (χ1n) is 7.74. The van der Waals surface area contributed by atoms with E-state index in [1.165, 1.54) is 6.20 Å². The lowest BCUT2D eigenvalue weighted by Gasteiger charge is -2.15. The smallest absolute Gasteiger partial charge is 0.339 e. The summed E-state index contributed by atoms with van der Waals surface area (Å²) >= 11 is 0. The minimum atomic E-state index is -1.10. The number of hydrogen-bond acceptors (Lipinski definition) is 7. The standard InChI is InChI=1S/C10H10O4.C7H10N2O2/c1-5-2-7(11)9-6(10(12)13)4-14-8(9)3-5;8-6-1-2-7(9-5-6)11-4-3-10/h4-5H,2-3H2,1H3,(H,12,13);1-2,5,10H,3-4,8H2. The number of ketones is 1. The summed E-state index contributed by atoms with van der Waals surface area (Å²) in [6, 6.07) is 3.35. The van der Waals surface area contributed by atoms with E-state index in [4.69, 9.17) is 25.1 Å². The number of anilines is 1. The van der Waals surface area contributed by atoms with Crippen LogP contribution in [0.25, 0.3) is 0 Å². The molecule has 8 heteroatoms. The van der Waals surface area contributed by atoms with Crippen molar-refractivity contribution in [1.82, 2.24) is 4.98 Å². The summed E-state index contributed by atoms with van der Waals surface area (Å²) in [5.74, 6) is 0.0185. The Morgan fingerprint density at radius 3 is 2.80 bits per heavy atom. The highest BCUT2D eigenvalue weighted by molar-refractivity contribution is 6.07. The molecule has 0 amide bonds. The monoisotopic (exact) mass is 348 g/mol. The van der Waals surface area contributed by atoms with E-state index in [2.05, 4.69) is 4.98 Å². The van der Waals surface area contributed by atoms with E-state index in [1.807, 2.05) is 6.92 Å². The number of carboxylic acid groups (broad SMARTS) is 1. The number of nitrogens with zero attached hydrogens (tertiary/aromatic N) is 1. The molecule has 0 fully saturated rings. The van der Waals surface area contributed by atoms with Crippen molar-refractivity contribution in [3.05, 3.63) is 41.5 Å². The van der Waals surface area contributed by atoms with Gasteiger partial charge in [-0.1, -0.05) is 6.92 Å². The second-order valence-electron chi connectivity index (χ2n) is 5.69. The molecule has 2 aromatic rings. The van der Waals surface area contributed by atoms with Crippen LogP contribution in [0.3, 0.4) is 0 Å². The summed E-state index contributed by atoms with van der Waals surface area (Å²) in [6.07, 6.45) is 3.72. The summed E-state index contributed by atoms with van der Waals surface area (Å²) in [5, 5.41) is 17.2. The topological polar surface area (TPSA) is 136 Å². The van der Waals surface area contributed by atoms with Gasteiger partial charge in [-0.05, 0) is 12.0 Å². The molecule has 0 aliphatic heterocycles. The molecule has 3 rings (SSSR count). The number of Topliss-reactive ketones (excluding diaryl/α,β-unsaturated/α-hetero) is 1. The number of carbonyl (C=O) groups is 2. The van der Waals surface area contributed by atoms with Gasteiger partial charge in [0, 0.05) is 18.9 Å². The molecular formula is C17H20N2O6. The highest BCUT2D eigenvalue weighted by Gasteiger charge is 2.30. The predicted molar refractivity (Wildman–Crippen MR) is 88.7 cm³/mol. The third kappa shape index (κ3) is 4.80. The van der Waals surface area contributed by atoms with Gasteiger partial charge in [-0.25, -0.2) is 9.78 Å². The fourth-order valence-electron chi connectivity index (χ4n) is 2.45. The Morgan fingerprint density at radius 1 is 1.44 bits per heavy atom. The van der Waals surface area contributed by atoms with Crippen LogP contribution in [0.15, 0.2) is 29.0 Å². The number of aliphatic hydroxyl groups is 1. The van der Waals surface area contributed by atoms with E-state index in [0.29, 0.717) is 30.2 Å². The maximum atomic E-state index is 11.6. The highest BCUT2D eigenvalue weighted by Crippen LogP contribution is 2.29. The molecule has 1 unspecified atom stereocenters. The van der Waals surface area contributed by atoms with Crippen molar-refractivity contribution in [3.63, 3.8) is 0 Å². The van der Waals surface area contributed by atoms with Crippen molar-refractivity contribution in [2.24, 2.45) is 5.92 Å². The second-order valence-corrected chi connectivity index (χ2v) is 5.69. The van der Waals surface area contributed by atoms with E-state index in [0.717, 1.165) is 6.26 Å². The van der Waals surface area contributed by atoms with Crippen LogP contribution in [-0.2, 0) is 6.42 Å². The zero-order valence-corrected chi connectivity index (χ0v) is 13.8. The lowest BCUT2D eigenvalue weighted by molar-refractivity contribution is 0.0690. The fourth-order valence-corrected chi connectivity index (χ4v) is 2.45. The van der Waals surface area contributed by atoms with Gasteiger partial charge in [-0.2, -0.15) is 0 Å². The molecule has 8 nitrogen and oxygen atoms in total. The van der Waals surface area contributed by atoms with Crippen molar-refractivity contribution in [2.45, 2.75) is 19.8 Å². The number of ether oxygens (including phenoxy) is 1. The lowest BCUT2D eigenvalue weighted by Crippen LogP contribution is -2.18. The van der Waals surface area contributed by atoms with Gasteiger partial charge in [0.25, 0.3) is 0 Å². The van der Waals surface area contributed by atoms with Gasteiger partial charge < -0.3 is 25.1 Å². The van der Waals surface area contributed by atoms with Crippen molar-refractivity contribution in [1.29, 1.82) is 0 Å². The Bertz CT molecular complexity index is 738. The van der Waals surface area contributed by atoms with Gasteiger partial charge in [-0.15, -0.1) is 0 Å². The van der Waals surface area contributed by atoms with Gasteiger partial charge in [0.2, 0.25) is 5.88 Å². The Balaban J connectivity index is 0.000000186. The number of aromatic carboxylic acids is 1. The van der Waals surface area contributed by atoms with Crippen molar-refractivity contribution >= 4 is 17.4 Å². The van der Waals surface area contributed by atoms with Crippen LogP contribution in [-0.4, -0.2) is 40.2 Å². The Morgan fingerprint density at radius 2 is 2.20 bits per heavy atom. The van der Waals surface area contributed by atoms with E-state index < -0.39 is 5.97 Å². The number of aliphatic hydroxyl groups excluding tert-OH is 1. The van der Waals surface area contributed by atoms with Gasteiger partial charge in [0.05, 0.1) is 24.1 Å². The Kier molecular flexibility index (Phi) is 6.13. The molecule has 25 heavy (non-hydrogen) atoms. The molecule has 0 bridgehead atoms. The van der Waals surface area contributed by atoms with Gasteiger partial charge in [0.1, 0.15) is 24.2 Å². The highest BCUT2D eigenvalue weighted by atomic mass is 16.5. The maximum absolute atomic E-state index is 11.6. The summed E-state index contributed by atoms with van der Waals surface area (Å²) in [7, 11) is 0. The van der Waals surface area contributed by atoms with Crippen LogP contribution < -0.4 is 10.5 Å². The van der Waals surface area contributed by atoms with Gasteiger partial charge in [0.15, 0.2) is 5.78 Å². The molecule has 1 aliphatic rings. The molecule has 0 spiro atoms. The zero-order chi connectivity index (χ0) is 18.4. The molecule has 0 radical (unpaired) electrons. The van der Waals surface area contributed by atoms with Gasteiger partial charge in [-0.3, -0.25) is 4.79 Å². The molecule has 4 N–H and O–H groups in total. The van der Waals surface area contributed by atoms with Crippen LogP contribution >= 0.6 is 0 Å². The number of fused-ring (bicyclic) bond motifs is 1. The largest absolute Gasteiger partial charge is 0.478 e.